The molecular weight excluding hydrogens is 226 g/mol. The molecule has 1 aliphatic heterocycles. The van der Waals surface area contributed by atoms with Gasteiger partial charge in [-0.2, -0.15) is 0 Å². The molecule has 0 bridgehead atoms. The summed E-state index contributed by atoms with van der Waals surface area (Å²) in [5, 5.41) is 3.20. The maximum Gasteiger partial charge on any atom is 0.328 e. The van der Waals surface area contributed by atoms with Crippen molar-refractivity contribution in [1.29, 1.82) is 0 Å². The van der Waals surface area contributed by atoms with Gasteiger partial charge in [-0.15, -0.1) is 0 Å². The number of carbonyl (C=O) groups excluding carboxylic acids is 2. The number of cyclic esters (lactones) is 1. The van der Waals surface area contributed by atoms with Crippen molar-refractivity contribution >= 4 is 27.8 Å². The Bertz CT molecular complexity index is 195. The first-order valence-corrected chi connectivity index (χ1v) is 4.88. The van der Waals surface area contributed by atoms with Crippen LogP contribution in [0.3, 0.4) is 0 Å². The van der Waals surface area contributed by atoms with Gasteiger partial charge in [0, 0.05) is 18.2 Å². The molecule has 68 valence electrons. The van der Waals surface area contributed by atoms with Gasteiger partial charge in [0.1, 0.15) is 6.04 Å². The van der Waals surface area contributed by atoms with E-state index in [4.69, 9.17) is 0 Å². The molecule has 1 fully saturated rings. The molecule has 1 amide bonds. The number of alkyl halides is 1. The molecule has 1 heterocycles. The van der Waals surface area contributed by atoms with Crippen LogP contribution in [0.25, 0.3) is 0 Å². The summed E-state index contributed by atoms with van der Waals surface area (Å²) in [7, 11) is 0. The fraction of sp³-hybridized carbons (Fsp3) is 0.714. The zero-order chi connectivity index (χ0) is 8.97. The Labute approximate surface area is 78.8 Å². The molecule has 1 saturated heterocycles. The molecule has 1 aliphatic rings. The van der Waals surface area contributed by atoms with Gasteiger partial charge < -0.3 is 10.1 Å². The van der Waals surface area contributed by atoms with Crippen LogP contribution in [-0.4, -0.2) is 29.9 Å². The van der Waals surface area contributed by atoms with Crippen LogP contribution in [0.5, 0.6) is 0 Å². The van der Waals surface area contributed by atoms with Gasteiger partial charge in [-0.1, -0.05) is 15.9 Å². The van der Waals surface area contributed by atoms with Crippen molar-refractivity contribution in [1.82, 2.24) is 5.32 Å². The summed E-state index contributed by atoms with van der Waals surface area (Å²) in [5.41, 5.74) is 0. The zero-order valence-electron chi connectivity index (χ0n) is 6.51. The average molecular weight is 236 g/mol. The summed E-state index contributed by atoms with van der Waals surface area (Å²) >= 11 is 3.14. The van der Waals surface area contributed by atoms with Crippen molar-refractivity contribution in [2.75, 3.05) is 11.9 Å². The zero-order valence-corrected chi connectivity index (χ0v) is 8.09. The fourth-order valence-electron chi connectivity index (χ4n) is 0.979. The molecule has 0 aliphatic carbocycles. The van der Waals surface area contributed by atoms with Crippen LogP contribution in [0.4, 0.5) is 0 Å². The van der Waals surface area contributed by atoms with Crippen molar-refractivity contribution in [3.8, 4) is 0 Å². The second-order valence-corrected chi connectivity index (χ2v) is 3.31. The van der Waals surface area contributed by atoms with E-state index in [9.17, 15) is 9.59 Å². The molecule has 1 N–H and O–H groups in total. The predicted octanol–water partition coefficient (Wildman–Crippen LogP) is 0.203. The third kappa shape index (κ3) is 2.48. The molecule has 0 saturated carbocycles. The molecule has 12 heavy (non-hydrogen) atoms. The lowest BCUT2D eigenvalue weighted by Crippen LogP contribution is -2.37. The van der Waals surface area contributed by atoms with Gasteiger partial charge in [-0.05, 0) is 0 Å². The van der Waals surface area contributed by atoms with E-state index < -0.39 is 6.04 Å². The normalized spacial score (nSPS) is 22.1. The Morgan fingerprint density at radius 2 is 2.50 bits per heavy atom. The smallest absolute Gasteiger partial charge is 0.328 e. The Hall–Kier alpha value is -0.580. The van der Waals surface area contributed by atoms with Gasteiger partial charge in [0.2, 0.25) is 5.91 Å². The van der Waals surface area contributed by atoms with E-state index in [0.29, 0.717) is 24.8 Å². The number of rotatable bonds is 3. The Kier molecular flexibility index (Phi) is 3.52. The lowest BCUT2D eigenvalue weighted by Gasteiger charge is -2.06. The second kappa shape index (κ2) is 4.45. The molecule has 4 nitrogen and oxygen atoms in total. The quantitative estimate of drug-likeness (QED) is 0.562. The maximum atomic E-state index is 11.0. The molecule has 0 aromatic heterocycles. The van der Waals surface area contributed by atoms with E-state index in [2.05, 4.69) is 26.0 Å². The minimum Gasteiger partial charge on any atom is -0.464 e. The number of halogens is 1. The minimum absolute atomic E-state index is 0.115. The van der Waals surface area contributed by atoms with Crippen LogP contribution in [0.2, 0.25) is 0 Å². The van der Waals surface area contributed by atoms with Crippen LogP contribution in [0.15, 0.2) is 0 Å². The third-order valence-electron chi connectivity index (χ3n) is 1.59. The molecule has 1 unspecified atom stereocenters. The number of hydrogen-bond acceptors (Lipinski definition) is 3. The highest BCUT2D eigenvalue weighted by molar-refractivity contribution is 9.09. The van der Waals surface area contributed by atoms with Gasteiger partial charge in [0.15, 0.2) is 0 Å². The van der Waals surface area contributed by atoms with E-state index >= 15 is 0 Å². The first kappa shape index (κ1) is 9.51. The van der Waals surface area contributed by atoms with Gasteiger partial charge in [-0.3, -0.25) is 4.79 Å². The first-order chi connectivity index (χ1) is 5.74. The Balaban J connectivity index is 2.30. The number of esters is 1. The summed E-state index contributed by atoms with van der Waals surface area (Å²) < 4.78 is 4.68. The number of carbonyl (C=O) groups is 2. The van der Waals surface area contributed by atoms with Crippen molar-refractivity contribution in [2.45, 2.75) is 18.9 Å². The highest BCUT2D eigenvalue weighted by Crippen LogP contribution is 2.05. The summed E-state index contributed by atoms with van der Waals surface area (Å²) in [6.45, 7) is 0.415. The van der Waals surface area contributed by atoms with Crippen LogP contribution in [0.1, 0.15) is 12.8 Å². The molecule has 0 aromatic rings. The number of nitrogens with one attached hydrogen (secondary N) is 1. The Morgan fingerprint density at radius 1 is 1.75 bits per heavy atom. The highest BCUT2D eigenvalue weighted by atomic mass is 79.9. The molecule has 5 heteroatoms. The third-order valence-corrected chi connectivity index (χ3v) is 1.99. The Morgan fingerprint density at radius 3 is 3.00 bits per heavy atom. The van der Waals surface area contributed by atoms with Crippen molar-refractivity contribution in [3.63, 3.8) is 0 Å². The van der Waals surface area contributed by atoms with Crippen LogP contribution in [0, 0.1) is 0 Å². The summed E-state index contributed by atoms with van der Waals surface area (Å²) in [6, 6.07) is -0.420. The molecule has 0 spiro atoms. The molecule has 1 atom stereocenters. The van der Waals surface area contributed by atoms with E-state index in [-0.39, 0.29) is 11.9 Å². The van der Waals surface area contributed by atoms with Gasteiger partial charge in [0.25, 0.3) is 0 Å². The molecule has 1 rings (SSSR count). The number of hydrogen-bond donors (Lipinski definition) is 1. The van der Waals surface area contributed by atoms with Gasteiger partial charge in [0.05, 0.1) is 6.61 Å². The number of ether oxygens (including phenoxy) is 1. The summed E-state index contributed by atoms with van der Waals surface area (Å²) in [6.07, 6.45) is 0.983. The van der Waals surface area contributed by atoms with E-state index in [1.165, 1.54) is 0 Å². The lowest BCUT2D eigenvalue weighted by atomic mass is 10.2. The van der Waals surface area contributed by atoms with Crippen LogP contribution >= 0.6 is 15.9 Å². The fourth-order valence-corrected chi connectivity index (χ4v) is 1.34. The minimum atomic E-state index is -0.420. The van der Waals surface area contributed by atoms with E-state index in [1.54, 1.807) is 0 Å². The number of amides is 1. The molecular formula is C7H10BrNO3. The van der Waals surface area contributed by atoms with Crippen molar-refractivity contribution in [2.24, 2.45) is 0 Å². The summed E-state index contributed by atoms with van der Waals surface area (Å²) in [5.74, 6) is -0.436. The SMILES string of the molecule is O=C(CCBr)NC1CCOC1=O. The van der Waals surface area contributed by atoms with E-state index in [0.717, 1.165) is 0 Å². The monoisotopic (exact) mass is 235 g/mol. The van der Waals surface area contributed by atoms with Crippen molar-refractivity contribution < 1.29 is 14.3 Å². The summed E-state index contributed by atoms with van der Waals surface area (Å²) in [4.78, 5) is 21.9. The standard InChI is InChI=1S/C7H10BrNO3/c8-3-1-6(10)9-5-2-4-12-7(5)11/h5H,1-4H2,(H,9,10). The maximum absolute atomic E-state index is 11.0. The van der Waals surface area contributed by atoms with Crippen molar-refractivity contribution in [3.05, 3.63) is 0 Å². The highest BCUT2D eigenvalue weighted by Gasteiger charge is 2.27. The predicted molar refractivity (Wildman–Crippen MR) is 45.9 cm³/mol. The topological polar surface area (TPSA) is 55.4 Å². The lowest BCUT2D eigenvalue weighted by molar-refractivity contribution is -0.141. The van der Waals surface area contributed by atoms with Crippen LogP contribution in [-0.2, 0) is 14.3 Å². The first-order valence-electron chi connectivity index (χ1n) is 3.76. The van der Waals surface area contributed by atoms with Crippen LogP contribution < -0.4 is 5.32 Å². The molecule has 0 aromatic carbocycles. The van der Waals surface area contributed by atoms with E-state index in [1.807, 2.05) is 0 Å². The van der Waals surface area contributed by atoms with Gasteiger partial charge in [-0.25, -0.2) is 4.79 Å². The largest absolute Gasteiger partial charge is 0.464 e. The second-order valence-electron chi connectivity index (χ2n) is 2.52. The van der Waals surface area contributed by atoms with Gasteiger partial charge >= 0.3 is 5.97 Å². The average Bonchev–Trinajstić information content (AvgIpc) is 2.37. The molecule has 0 radical (unpaired) electrons.